The van der Waals surface area contributed by atoms with Gasteiger partial charge in [-0.05, 0) is 50.2 Å². The summed E-state index contributed by atoms with van der Waals surface area (Å²) in [6.07, 6.45) is 1.34. The van der Waals surface area contributed by atoms with Gasteiger partial charge in [0.05, 0.1) is 5.39 Å². The van der Waals surface area contributed by atoms with Crippen molar-refractivity contribution in [3.8, 4) is 22.8 Å². The summed E-state index contributed by atoms with van der Waals surface area (Å²) < 4.78 is 7.35. The molecule has 0 aliphatic heterocycles. The van der Waals surface area contributed by atoms with E-state index in [-0.39, 0.29) is 5.82 Å². The quantitative estimate of drug-likeness (QED) is 0.265. The number of para-hydroxylation sites is 1. The molecule has 0 spiro atoms. The van der Waals surface area contributed by atoms with Crippen molar-refractivity contribution in [1.29, 1.82) is 0 Å². The van der Waals surface area contributed by atoms with Crippen molar-refractivity contribution in [1.82, 2.24) is 25.2 Å². The van der Waals surface area contributed by atoms with Crippen molar-refractivity contribution in [2.45, 2.75) is 19.4 Å². The van der Waals surface area contributed by atoms with Crippen LogP contribution in [0.4, 0.5) is 5.82 Å². The third-order valence-electron chi connectivity index (χ3n) is 4.82. The second-order valence-electron chi connectivity index (χ2n) is 7.19. The van der Waals surface area contributed by atoms with Crippen molar-refractivity contribution in [2.75, 3.05) is 5.73 Å². The zero-order valence-electron chi connectivity index (χ0n) is 16.5. The van der Waals surface area contributed by atoms with Crippen LogP contribution >= 0.6 is 0 Å². The van der Waals surface area contributed by atoms with Crippen LogP contribution in [0.5, 0.6) is 11.5 Å². The number of carbonyl (C=O) groups is 1. The van der Waals surface area contributed by atoms with E-state index in [9.17, 15) is 4.79 Å². The van der Waals surface area contributed by atoms with E-state index in [0.29, 0.717) is 22.5 Å². The number of hydrogen-bond acceptors (Lipinski definition) is 7. The molecule has 4 aromatic rings. The molecule has 30 heavy (non-hydrogen) atoms. The van der Waals surface area contributed by atoms with E-state index >= 15 is 0 Å². The van der Waals surface area contributed by atoms with Gasteiger partial charge in [0.15, 0.2) is 5.65 Å². The molecule has 9 nitrogen and oxygen atoms in total. The Morgan fingerprint density at radius 1 is 1.03 bits per heavy atom. The number of aromatic nitrogens is 4. The first-order valence-electron chi connectivity index (χ1n) is 9.26. The molecule has 0 aliphatic carbocycles. The number of hydrogen-bond donors (Lipinski definition) is 3. The number of nitrogens with two attached hydrogens (primary N) is 2. The second-order valence-corrected chi connectivity index (χ2v) is 7.19. The molecule has 1 amide bonds. The highest BCUT2D eigenvalue weighted by Crippen LogP contribution is 2.34. The lowest BCUT2D eigenvalue weighted by Crippen LogP contribution is -2.47. The molecular weight excluding hydrogens is 382 g/mol. The number of nitrogens with one attached hydrogen (secondary N) is 1. The van der Waals surface area contributed by atoms with Gasteiger partial charge in [-0.25, -0.2) is 20.5 Å². The van der Waals surface area contributed by atoms with E-state index in [2.05, 4.69) is 20.5 Å². The summed E-state index contributed by atoms with van der Waals surface area (Å²) in [7, 11) is 0. The van der Waals surface area contributed by atoms with Gasteiger partial charge in [0.2, 0.25) is 0 Å². The van der Waals surface area contributed by atoms with Crippen molar-refractivity contribution in [3.63, 3.8) is 0 Å². The lowest BCUT2D eigenvalue weighted by Gasteiger charge is -2.23. The largest absolute Gasteiger partial charge is 0.457 e. The van der Waals surface area contributed by atoms with Crippen molar-refractivity contribution in [2.24, 2.45) is 5.84 Å². The number of carbonyl (C=O) groups excluding carboxylic acids is 1. The molecule has 0 bridgehead atoms. The molecule has 0 saturated carbocycles. The zero-order valence-corrected chi connectivity index (χ0v) is 16.5. The molecule has 2 aromatic heterocycles. The summed E-state index contributed by atoms with van der Waals surface area (Å²) in [4.78, 5) is 20.7. The minimum absolute atomic E-state index is 0.273. The van der Waals surface area contributed by atoms with Crippen LogP contribution in [-0.4, -0.2) is 25.7 Å². The fraction of sp³-hybridized carbons (Fsp3) is 0.143. The summed E-state index contributed by atoms with van der Waals surface area (Å²) in [5.74, 6) is 6.64. The van der Waals surface area contributed by atoms with Gasteiger partial charge in [0, 0.05) is 5.56 Å². The maximum atomic E-state index is 12.3. The van der Waals surface area contributed by atoms with Gasteiger partial charge in [-0.2, -0.15) is 5.10 Å². The first-order chi connectivity index (χ1) is 14.4. The van der Waals surface area contributed by atoms with Gasteiger partial charge < -0.3 is 10.5 Å². The van der Waals surface area contributed by atoms with Gasteiger partial charge in [-0.15, -0.1) is 0 Å². The van der Waals surface area contributed by atoms with Crippen LogP contribution in [0, 0.1) is 0 Å². The Morgan fingerprint density at radius 3 is 2.37 bits per heavy atom. The number of amides is 1. The maximum absolute atomic E-state index is 12.3. The molecule has 0 aliphatic rings. The summed E-state index contributed by atoms with van der Waals surface area (Å²) >= 11 is 0. The van der Waals surface area contributed by atoms with E-state index in [1.807, 2.05) is 54.6 Å². The summed E-state index contributed by atoms with van der Waals surface area (Å²) in [6.45, 7) is 3.39. The number of ether oxygens (including phenoxy) is 1. The first kappa shape index (κ1) is 19.3. The van der Waals surface area contributed by atoms with Crippen molar-refractivity contribution < 1.29 is 9.53 Å². The van der Waals surface area contributed by atoms with E-state index in [1.54, 1.807) is 13.8 Å². The van der Waals surface area contributed by atoms with Crippen LogP contribution in [0.25, 0.3) is 22.3 Å². The average molecular weight is 403 g/mol. The number of nitrogen functional groups attached to an aromatic ring is 1. The number of fused-ring (bicyclic) bond motifs is 1. The Bertz CT molecular complexity index is 1200. The van der Waals surface area contributed by atoms with Gasteiger partial charge >= 0.3 is 0 Å². The van der Waals surface area contributed by atoms with Gasteiger partial charge in [-0.1, -0.05) is 18.2 Å². The standard InChI is InChI=1S/C21H21N7O2/c1-21(2,20(29)26-23)28-19-16(18(22)24-12-25-19)17(27-28)13-8-10-15(11-9-13)30-14-6-4-3-5-7-14/h3-12H,23H2,1-2H3,(H,26,29)(H2,22,24,25). The van der Waals surface area contributed by atoms with Gasteiger partial charge in [0.1, 0.15) is 34.9 Å². The highest BCUT2D eigenvalue weighted by Gasteiger charge is 2.34. The van der Waals surface area contributed by atoms with Crippen LogP contribution in [0.15, 0.2) is 60.9 Å². The predicted octanol–water partition coefficient (Wildman–Crippen LogP) is 2.59. The van der Waals surface area contributed by atoms with Crippen LogP contribution < -0.4 is 21.7 Å². The minimum Gasteiger partial charge on any atom is -0.457 e. The second kappa shape index (κ2) is 7.45. The van der Waals surface area contributed by atoms with Gasteiger partial charge in [-0.3, -0.25) is 10.2 Å². The number of nitrogens with zero attached hydrogens (tertiary/aromatic N) is 4. The molecule has 0 unspecified atom stereocenters. The summed E-state index contributed by atoms with van der Waals surface area (Å²) in [5, 5.41) is 5.21. The monoisotopic (exact) mass is 403 g/mol. The molecule has 0 saturated heterocycles. The van der Waals surface area contributed by atoms with E-state index < -0.39 is 11.4 Å². The SMILES string of the molecule is CC(C)(C(=O)NN)n1nc(-c2ccc(Oc3ccccc3)cc2)c2c(N)ncnc21. The smallest absolute Gasteiger partial charge is 0.261 e. The van der Waals surface area contributed by atoms with E-state index in [0.717, 1.165) is 11.3 Å². The Hall–Kier alpha value is -3.98. The van der Waals surface area contributed by atoms with Crippen LogP contribution in [0.3, 0.4) is 0 Å². The van der Waals surface area contributed by atoms with Crippen molar-refractivity contribution in [3.05, 3.63) is 60.9 Å². The molecule has 2 aromatic carbocycles. The molecule has 0 atom stereocenters. The Morgan fingerprint density at radius 2 is 1.70 bits per heavy atom. The van der Waals surface area contributed by atoms with Crippen LogP contribution in [-0.2, 0) is 10.3 Å². The zero-order chi connectivity index (χ0) is 21.3. The van der Waals surface area contributed by atoms with Crippen LogP contribution in [0.1, 0.15) is 13.8 Å². The summed E-state index contributed by atoms with van der Waals surface area (Å²) in [5.41, 5.74) is 9.00. The average Bonchev–Trinajstić information content (AvgIpc) is 3.16. The number of hydrazine groups is 1. The van der Waals surface area contributed by atoms with E-state index in [4.69, 9.17) is 16.3 Å². The summed E-state index contributed by atoms with van der Waals surface area (Å²) in [6, 6.07) is 16.9. The number of anilines is 1. The molecule has 2 heterocycles. The predicted molar refractivity (Wildman–Crippen MR) is 113 cm³/mol. The third kappa shape index (κ3) is 3.31. The molecule has 9 heteroatoms. The fourth-order valence-electron chi connectivity index (χ4n) is 3.14. The minimum atomic E-state index is -1.09. The Kier molecular flexibility index (Phi) is 4.80. The highest BCUT2D eigenvalue weighted by molar-refractivity contribution is 5.99. The molecule has 152 valence electrons. The molecule has 0 fully saturated rings. The molecular formula is C21H21N7O2. The van der Waals surface area contributed by atoms with Crippen LogP contribution in [0.2, 0.25) is 0 Å². The first-order valence-corrected chi connectivity index (χ1v) is 9.26. The Balaban J connectivity index is 1.78. The topological polar surface area (TPSA) is 134 Å². The highest BCUT2D eigenvalue weighted by atomic mass is 16.5. The number of rotatable bonds is 5. The molecule has 5 N–H and O–H groups in total. The lowest BCUT2D eigenvalue weighted by atomic mass is 10.1. The molecule has 4 rings (SSSR count). The van der Waals surface area contributed by atoms with Gasteiger partial charge in [0.25, 0.3) is 5.91 Å². The third-order valence-corrected chi connectivity index (χ3v) is 4.82. The molecule has 0 radical (unpaired) electrons. The van der Waals surface area contributed by atoms with Crippen molar-refractivity contribution >= 4 is 22.8 Å². The van der Waals surface area contributed by atoms with E-state index in [1.165, 1.54) is 11.0 Å². The maximum Gasteiger partial charge on any atom is 0.261 e. The Labute approximate surface area is 172 Å². The fourth-order valence-corrected chi connectivity index (χ4v) is 3.14. The normalized spacial score (nSPS) is 11.4. The number of benzene rings is 2. The lowest BCUT2D eigenvalue weighted by molar-refractivity contribution is -0.128.